The number of aromatic nitrogens is 1. The first-order valence-electron chi connectivity index (χ1n) is 3.89. The van der Waals surface area contributed by atoms with Gasteiger partial charge < -0.3 is 20.9 Å². The molecule has 0 aliphatic rings. The van der Waals surface area contributed by atoms with Gasteiger partial charge >= 0.3 is 11.9 Å². The average Bonchev–Trinajstić information content (AvgIpc) is 2.52. The first-order chi connectivity index (χ1) is 6.50. The molecule has 0 aromatic carbocycles. The number of nitrogens with one attached hydrogen (secondary N) is 1. The number of hydrogen-bond acceptors (Lipinski definition) is 3. The Bertz CT molecular complexity index is 358. The molecular weight excluding hydrogens is 188 g/mol. The van der Waals surface area contributed by atoms with Crippen LogP contribution in [0.1, 0.15) is 16.1 Å². The lowest BCUT2D eigenvalue weighted by atomic mass is 10.1. The van der Waals surface area contributed by atoms with E-state index in [9.17, 15) is 9.59 Å². The Morgan fingerprint density at radius 2 is 2.14 bits per heavy atom. The van der Waals surface area contributed by atoms with Crippen molar-refractivity contribution >= 4 is 11.9 Å². The van der Waals surface area contributed by atoms with Crippen LogP contribution in [0.4, 0.5) is 0 Å². The molecule has 1 aromatic heterocycles. The van der Waals surface area contributed by atoms with Gasteiger partial charge in [-0.15, -0.1) is 0 Å². The van der Waals surface area contributed by atoms with Crippen LogP contribution in [0.2, 0.25) is 0 Å². The molecule has 1 heterocycles. The predicted octanol–water partition coefficient (Wildman–Crippen LogP) is -0.333. The summed E-state index contributed by atoms with van der Waals surface area (Å²) in [6.45, 7) is 0. The molecule has 1 unspecified atom stereocenters. The molecule has 0 saturated heterocycles. The highest BCUT2D eigenvalue weighted by Crippen LogP contribution is 2.05. The summed E-state index contributed by atoms with van der Waals surface area (Å²) in [7, 11) is 0. The number of aromatic carboxylic acids is 1. The topological polar surface area (TPSA) is 116 Å². The normalized spacial score (nSPS) is 12.4. The minimum absolute atomic E-state index is 0.0255. The molecule has 0 aliphatic heterocycles. The van der Waals surface area contributed by atoms with E-state index in [1.54, 1.807) is 0 Å². The molecule has 0 spiro atoms. The predicted molar refractivity (Wildman–Crippen MR) is 47.1 cm³/mol. The van der Waals surface area contributed by atoms with E-state index in [0.29, 0.717) is 5.56 Å². The van der Waals surface area contributed by atoms with Crippen molar-refractivity contribution in [2.75, 3.05) is 0 Å². The molecule has 0 bridgehead atoms. The van der Waals surface area contributed by atoms with E-state index < -0.39 is 18.0 Å². The Morgan fingerprint density at radius 1 is 1.50 bits per heavy atom. The fourth-order valence-corrected chi connectivity index (χ4v) is 1.02. The van der Waals surface area contributed by atoms with Gasteiger partial charge in [0.15, 0.2) is 0 Å². The molecule has 6 heteroatoms. The second-order valence-electron chi connectivity index (χ2n) is 2.88. The number of carbonyl (C=O) groups is 2. The largest absolute Gasteiger partial charge is 0.480 e. The molecule has 14 heavy (non-hydrogen) atoms. The molecule has 5 N–H and O–H groups in total. The summed E-state index contributed by atoms with van der Waals surface area (Å²) < 4.78 is 0. The quantitative estimate of drug-likeness (QED) is 0.528. The van der Waals surface area contributed by atoms with E-state index >= 15 is 0 Å². The third kappa shape index (κ3) is 2.33. The summed E-state index contributed by atoms with van der Waals surface area (Å²) in [4.78, 5) is 23.3. The molecule has 6 nitrogen and oxygen atoms in total. The minimum Gasteiger partial charge on any atom is -0.480 e. The third-order valence-corrected chi connectivity index (χ3v) is 1.75. The maximum absolute atomic E-state index is 10.5. The van der Waals surface area contributed by atoms with Gasteiger partial charge in [0.1, 0.15) is 11.7 Å². The number of hydrogen-bond donors (Lipinski definition) is 4. The van der Waals surface area contributed by atoms with Crippen LogP contribution in [0.25, 0.3) is 0 Å². The van der Waals surface area contributed by atoms with Gasteiger partial charge in [-0.05, 0) is 18.1 Å². The van der Waals surface area contributed by atoms with Crippen LogP contribution in [-0.2, 0) is 11.2 Å². The van der Waals surface area contributed by atoms with Gasteiger partial charge in [-0.25, -0.2) is 4.79 Å². The summed E-state index contributed by atoms with van der Waals surface area (Å²) in [5.74, 6) is -2.19. The fraction of sp³-hybridized carbons (Fsp3) is 0.250. The summed E-state index contributed by atoms with van der Waals surface area (Å²) in [5, 5.41) is 17.1. The molecule has 0 amide bonds. The van der Waals surface area contributed by atoms with Gasteiger partial charge in [-0.2, -0.15) is 0 Å². The summed E-state index contributed by atoms with van der Waals surface area (Å²) >= 11 is 0. The van der Waals surface area contributed by atoms with Gasteiger partial charge in [0.2, 0.25) is 0 Å². The van der Waals surface area contributed by atoms with Crippen LogP contribution < -0.4 is 5.73 Å². The first kappa shape index (κ1) is 10.3. The Balaban J connectivity index is 2.69. The van der Waals surface area contributed by atoms with Crippen LogP contribution in [0.5, 0.6) is 0 Å². The number of H-pyrrole nitrogens is 1. The molecule has 1 aromatic rings. The van der Waals surface area contributed by atoms with Crippen LogP contribution >= 0.6 is 0 Å². The minimum atomic E-state index is -1.11. The number of nitrogens with two attached hydrogens (primary N) is 1. The standard InChI is InChI=1S/C8H10N2O4/c9-5(7(11)12)1-4-2-6(8(13)14)10-3-4/h2-3,5,10H,1,9H2,(H,11,12)(H,13,14). The average molecular weight is 198 g/mol. The van der Waals surface area contributed by atoms with E-state index in [1.807, 2.05) is 0 Å². The molecule has 0 radical (unpaired) electrons. The highest BCUT2D eigenvalue weighted by atomic mass is 16.4. The van der Waals surface area contributed by atoms with Gasteiger partial charge in [0, 0.05) is 6.20 Å². The van der Waals surface area contributed by atoms with E-state index in [0.717, 1.165) is 0 Å². The smallest absolute Gasteiger partial charge is 0.352 e. The van der Waals surface area contributed by atoms with Crippen molar-refractivity contribution < 1.29 is 19.8 Å². The fourth-order valence-electron chi connectivity index (χ4n) is 1.02. The molecule has 1 rings (SSSR count). The van der Waals surface area contributed by atoms with Gasteiger partial charge in [-0.1, -0.05) is 0 Å². The lowest BCUT2D eigenvalue weighted by molar-refractivity contribution is -0.138. The number of carboxylic acids is 2. The van der Waals surface area contributed by atoms with E-state index in [-0.39, 0.29) is 12.1 Å². The Labute approximate surface area is 79.4 Å². The van der Waals surface area contributed by atoms with E-state index in [4.69, 9.17) is 15.9 Å². The van der Waals surface area contributed by atoms with Crippen LogP contribution in [0.15, 0.2) is 12.3 Å². The second kappa shape index (κ2) is 3.93. The maximum Gasteiger partial charge on any atom is 0.352 e. The summed E-state index contributed by atoms with van der Waals surface area (Å²) in [6.07, 6.45) is 1.55. The van der Waals surface area contributed by atoms with Gasteiger partial charge in [0.25, 0.3) is 0 Å². The van der Waals surface area contributed by atoms with Crippen LogP contribution in [0.3, 0.4) is 0 Å². The van der Waals surface area contributed by atoms with Crippen molar-refractivity contribution in [2.24, 2.45) is 5.73 Å². The molecular formula is C8H10N2O4. The number of aliphatic carboxylic acids is 1. The van der Waals surface area contributed by atoms with E-state index in [1.165, 1.54) is 12.3 Å². The van der Waals surface area contributed by atoms with Crippen LogP contribution in [-0.4, -0.2) is 33.2 Å². The summed E-state index contributed by atoms with van der Waals surface area (Å²) in [5.41, 5.74) is 5.87. The molecule has 0 aliphatic carbocycles. The van der Waals surface area contributed by atoms with Crippen molar-refractivity contribution in [3.05, 3.63) is 23.5 Å². The SMILES string of the molecule is NC(Cc1c[nH]c(C(=O)O)c1)C(=O)O. The van der Waals surface area contributed by atoms with Crippen molar-refractivity contribution in [1.29, 1.82) is 0 Å². The molecule has 0 fully saturated rings. The highest BCUT2D eigenvalue weighted by Gasteiger charge is 2.14. The highest BCUT2D eigenvalue weighted by molar-refractivity contribution is 5.85. The molecule has 1 atom stereocenters. The zero-order chi connectivity index (χ0) is 10.7. The zero-order valence-electron chi connectivity index (χ0n) is 7.23. The maximum atomic E-state index is 10.5. The molecule has 76 valence electrons. The van der Waals surface area contributed by atoms with Crippen LogP contribution in [0, 0.1) is 0 Å². The molecule has 0 saturated carbocycles. The number of aromatic amines is 1. The van der Waals surface area contributed by atoms with E-state index in [2.05, 4.69) is 4.98 Å². The number of rotatable bonds is 4. The second-order valence-corrected chi connectivity index (χ2v) is 2.88. The van der Waals surface area contributed by atoms with Crippen molar-refractivity contribution in [2.45, 2.75) is 12.5 Å². The van der Waals surface area contributed by atoms with Crippen molar-refractivity contribution in [3.63, 3.8) is 0 Å². The van der Waals surface area contributed by atoms with Gasteiger partial charge in [-0.3, -0.25) is 4.79 Å². The lowest BCUT2D eigenvalue weighted by Crippen LogP contribution is -2.32. The summed E-state index contributed by atoms with van der Waals surface area (Å²) in [6, 6.07) is 0.359. The Kier molecular flexibility index (Phi) is 2.88. The Hall–Kier alpha value is -1.82. The van der Waals surface area contributed by atoms with Gasteiger partial charge in [0.05, 0.1) is 0 Å². The van der Waals surface area contributed by atoms with Crippen molar-refractivity contribution in [3.8, 4) is 0 Å². The zero-order valence-corrected chi connectivity index (χ0v) is 7.23. The third-order valence-electron chi connectivity index (χ3n) is 1.75. The monoisotopic (exact) mass is 198 g/mol. The number of carboxylic acid groups (broad SMARTS) is 2. The van der Waals surface area contributed by atoms with Crippen molar-refractivity contribution in [1.82, 2.24) is 4.98 Å². The Morgan fingerprint density at radius 3 is 2.57 bits per heavy atom. The first-order valence-corrected chi connectivity index (χ1v) is 3.89. The lowest BCUT2D eigenvalue weighted by Gasteiger charge is -2.02.